The van der Waals surface area contributed by atoms with Gasteiger partial charge in [-0.05, 0) is 203 Å². The van der Waals surface area contributed by atoms with E-state index in [0.717, 1.165) is 101 Å². The predicted octanol–water partition coefficient (Wildman–Crippen LogP) is 23.9. The van der Waals surface area contributed by atoms with E-state index >= 15 is 0 Å². The maximum absolute atomic E-state index is 12.2. The number of pyridine rings is 6. The van der Waals surface area contributed by atoms with Crippen molar-refractivity contribution in [1.29, 1.82) is 0 Å². The Morgan fingerprint density at radius 2 is 0.634 bits per heavy atom. The van der Waals surface area contributed by atoms with Gasteiger partial charge in [0.2, 0.25) is 0 Å². The molecule has 0 aliphatic carbocycles. The summed E-state index contributed by atoms with van der Waals surface area (Å²) in [5, 5.41) is 24.6. The zero-order chi connectivity index (χ0) is 103. The summed E-state index contributed by atoms with van der Waals surface area (Å²) in [7, 11) is 3.20. The van der Waals surface area contributed by atoms with Crippen LogP contribution in [0.1, 0.15) is 172 Å². The van der Waals surface area contributed by atoms with E-state index in [2.05, 4.69) is 95.8 Å². The smallest absolute Gasteiger partial charge is 0.340 e. The molecule has 0 bridgehead atoms. The Morgan fingerprint density at radius 1 is 0.303 bits per heavy atom. The molecule has 0 amide bonds. The van der Waals surface area contributed by atoms with Crippen LogP contribution < -0.4 is 9.47 Å². The van der Waals surface area contributed by atoms with Crippen LogP contribution in [0, 0.1) is 76.2 Å². The number of nitrogens with zero attached hydrogens (tertiary/aromatic N) is 12. The number of aromatic nitrogens is 12. The maximum Gasteiger partial charge on any atom is 0.340 e. The minimum Gasteiger partial charge on any atom is -0.497 e. The summed E-state index contributed by atoms with van der Waals surface area (Å²) in [5.41, 5.74) is 22.0. The Morgan fingerprint density at radius 3 is 1.00 bits per heavy atom. The molecule has 0 N–H and O–H groups in total. The van der Waals surface area contributed by atoms with E-state index in [-0.39, 0.29) is 39.6 Å². The van der Waals surface area contributed by atoms with E-state index in [0.29, 0.717) is 124 Å². The van der Waals surface area contributed by atoms with Crippen LogP contribution in [0.2, 0.25) is 5.02 Å². The Bertz CT molecular complexity index is 7500. The normalized spacial score (nSPS) is 10.6. The van der Waals surface area contributed by atoms with Crippen molar-refractivity contribution in [2.45, 2.75) is 129 Å². The molecule has 34 heteroatoms. The van der Waals surface area contributed by atoms with Crippen molar-refractivity contribution in [3.8, 4) is 79.0 Å². The van der Waals surface area contributed by atoms with E-state index in [1.165, 1.54) is 18.0 Å². The fourth-order valence-electron chi connectivity index (χ4n) is 13.9. The second-order valence-electron chi connectivity index (χ2n) is 32.6. The Kier molecular flexibility index (Phi) is 37.1. The van der Waals surface area contributed by atoms with Crippen LogP contribution in [-0.2, 0) is 74.5 Å². The number of hydrogen-bond donors (Lipinski definition) is 0. The molecule has 145 heavy (non-hydrogen) atoms. The van der Waals surface area contributed by atoms with E-state index in [1.807, 2.05) is 176 Å². The lowest BCUT2D eigenvalue weighted by Gasteiger charge is -2.05. The average Bonchev–Trinajstić information content (AvgIpc) is 1.72. The summed E-state index contributed by atoms with van der Waals surface area (Å²) in [5.74, 6) is 1.61. The zero-order valence-corrected chi connectivity index (χ0v) is 84.0. The number of para-hydroxylation sites is 1. The number of aryl methyl sites for hydroxylation is 12. The molecule has 18 aromatic rings. The van der Waals surface area contributed by atoms with Gasteiger partial charge < -0.3 is 65.0 Å². The van der Waals surface area contributed by atoms with E-state index in [1.54, 1.807) is 157 Å². The predicted molar refractivity (Wildman–Crippen MR) is 539 cm³/mol. The quantitative estimate of drug-likeness (QED) is 0.0341. The second kappa shape index (κ2) is 51.2. The highest BCUT2D eigenvalue weighted by atomic mass is 79.9. The number of carbonyl (C=O) groups excluding carboxylic acids is 6. The topological polar surface area (TPSA) is 410 Å². The van der Waals surface area contributed by atoms with Gasteiger partial charge in [-0.1, -0.05) is 174 Å². The number of hydrogen-bond acceptors (Lipinski definition) is 32. The first-order valence-electron chi connectivity index (χ1n) is 45.3. The minimum atomic E-state index is -0.448. The number of rotatable bonds is 27. The Hall–Kier alpha value is -17.3. The fourth-order valence-corrected chi connectivity index (χ4v) is 14.6. The highest BCUT2D eigenvalue weighted by Crippen LogP contribution is 2.34. The average molecular weight is 2040 g/mol. The first-order valence-corrected chi connectivity index (χ1v) is 46.5. The van der Waals surface area contributed by atoms with Gasteiger partial charge in [-0.25, -0.2) is 28.8 Å². The van der Waals surface area contributed by atoms with Crippen molar-refractivity contribution in [3.63, 3.8) is 0 Å². The van der Waals surface area contributed by atoms with E-state index in [9.17, 15) is 28.8 Å². The van der Waals surface area contributed by atoms with Gasteiger partial charge in [0.15, 0.2) is 74.2 Å². The second-order valence-corrected chi connectivity index (χ2v) is 33.8. The molecule has 0 aliphatic heterocycles. The van der Waals surface area contributed by atoms with Gasteiger partial charge in [0, 0.05) is 121 Å². The molecule has 0 saturated carbocycles. The molecular weight excluding hydrogens is 1940 g/mol. The van der Waals surface area contributed by atoms with E-state index in [4.69, 9.17) is 76.6 Å². The van der Waals surface area contributed by atoms with Crippen LogP contribution in [0.3, 0.4) is 0 Å². The number of carbonyl (C=O) groups is 6. The van der Waals surface area contributed by atoms with Crippen LogP contribution in [0.5, 0.6) is 11.5 Å². The van der Waals surface area contributed by atoms with Crippen molar-refractivity contribution in [2.75, 3.05) is 14.2 Å². The van der Waals surface area contributed by atoms with Crippen LogP contribution in [0.4, 0.5) is 0 Å². The van der Waals surface area contributed by atoms with Gasteiger partial charge in [-0.3, -0.25) is 29.9 Å². The van der Waals surface area contributed by atoms with Crippen LogP contribution in [0.15, 0.2) is 299 Å². The highest BCUT2D eigenvalue weighted by Gasteiger charge is 2.23. The van der Waals surface area contributed by atoms with Gasteiger partial charge >= 0.3 is 35.8 Å². The van der Waals surface area contributed by atoms with Gasteiger partial charge in [0.05, 0.1) is 75.4 Å². The number of esters is 6. The number of benzene rings is 6. The third kappa shape index (κ3) is 30.1. The molecule has 12 aromatic heterocycles. The molecule has 0 saturated heterocycles. The molecule has 12 heterocycles. The summed E-state index contributed by atoms with van der Waals surface area (Å²) in [6.07, 6.45) is 3.98. The SMILES string of the molecule is CCc1ccc(-c2cc(COC(=O)c3ccc(C)nc3C)on2)cc1.COc1cccc(-c2cc(COC(=O)c3ccc(C)nc3C)on2)c1.COc1ccccc1-c1cc(COC(=O)c2ccc(C)nc2C)on1.Cc1ccc(C(=O)OCc2cc(-c3ccccc3Br)no2)cn1.Cc1ccc(C(=O)OCc2cc(-c3ccccc3Cl)no2)c(C)n1.Cc1cccc(-c2cc(COC(=O)c3ccc(C)nc3)on2)c1. The Balaban J connectivity index is 0.000000146. The van der Waals surface area contributed by atoms with Gasteiger partial charge in [0.25, 0.3) is 0 Å². The van der Waals surface area contributed by atoms with Crippen molar-refractivity contribution in [3.05, 3.63) is 413 Å². The molecule has 6 aromatic carbocycles. The number of halogens is 2. The highest BCUT2D eigenvalue weighted by molar-refractivity contribution is 9.10. The molecule has 0 fully saturated rings. The lowest BCUT2D eigenvalue weighted by atomic mass is 10.1. The van der Waals surface area contributed by atoms with Crippen molar-refractivity contribution in [2.24, 2.45) is 0 Å². The van der Waals surface area contributed by atoms with Crippen LogP contribution in [0.25, 0.3) is 67.5 Å². The molecule has 0 aliphatic rings. The van der Waals surface area contributed by atoms with Crippen molar-refractivity contribution in [1.82, 2.24) is 60.8 Å². The summed E-state index contributed by atoms with van der Waals surface area (Å²) >= 11 is 9.60. The van der Waals surface area contributed by atoms with E-state index < -0.39 is 35.8 Å². The lowest BCUT2D eigenvalue weighted by molar-refractivity contribution is 0.0428. The third-order valence-corrected chi connectivity index (χ3v) is 22.5. The zero-order valence-electron chi connectivity index (χ0n) is 81.6. The molecule has 32 nitrogen and oxygen atoms in total. The standard InChI is InChI=1S/C20H20N2O3.2C19H18N2O4.C18H15ClN2O3.C18H16N2O3.C17H13BrN2O3/c1-4-15-6-8-16(9-7-15)19-11-17(25-22-19)12-24-20(23)18-10-5-13(2)21-14(18)3;1-12-7-8-17(13(2)20-12)19(22)24-11-16-10-18(21-25-16)14-5-4-6-15(9-14)23-3;1-12-8-9-15(13(2)20-12)19(22)24-11-14-10-17(21-25-14)16-6-4-5-7-18(16)23-3;1-11-7-8-14(12(2)20-11)18(22)23-10-13-9-17(21-24-13)15-5-3-4-6-16(15)19;1-12-4-3-5-14(8-12)17-9-16(23-20-17)11-22-18(21)15-7-6-13(2)19-10-15;1-11-6-7-12(9-19-11)17(21)22-10-13-8-16(20-23-13)14-4-2-3-5-15(14)18/h5-11H,4,12H2,1-3H3;2*4-10H,11H2,1-3H3;3-9H,10H2,1-2H3;3-10H,11H2,1-2H3;2-9H,10H2,1H3. The fraction of sp³-hybridized carbons (Fsp3) is 0.189. The van der Waals surface area contributed by atoms with Crippen molar-refractivity contribution < 1.29 is 93.8 Å². The molecule has 0 radical (unpaired) electrons. The molecule has 0 unspecified atom stereocenters. The molecule has 0 atom stereocenters. The third-order valence-electron chi connectivity index (χ3n) is 21.5. The molecule has 18 rings (SSSR count). The minimum absolute atomic E-state index is 0.00309. The molecule has 738 valence electrons. The monoisotopic (exact) mass is 2030 g/mol. The molecular formula is C111H100BrClN12O20. The largest absolute Gasteiger partial charge is 0.497 e. The number of methoxy groups -OCH3 is 2. The number of ether oxygens (including phenoxy) is 8. The van der Waals surface area contributed by atoms with Crippen molar-refractivity contribution >= 4 is 63.3 Å². The van der Waals surface area contributed by atoms with Gasteiger partial charge in [-0.15, -0.1) is 0 Å². The summed E-state index contributed by atoms with van der Waals surface area (Å²) in [6, 6.07) is 77.4. The first-order chi connectivity index (χ1) is 70.0. The first kappa shape index (κ1) is 105. The van der Waals surface area contributed by atoms with Crippen LogP contribution in [-0.4, -0.2) is 111 Å². The van der Waals surface area contributed by atoms with Crippen LogP contribution >= 0.6 is 27.5 Å². The van der Waals surface area contributed by atoms with Gasteiger partial charge in [0.1, 0.15) is 45.7 Å². The molecule has 0 spiro atoms. The summed E-state index contributed by atoms with van der Waals surface area (Å²) in [6.45, 7) is 22.5. The Labute approximate surface area is 847 Å². The summed E-state index contributed by atoms with van der Waals surface area (Å²) < 4.78 is 74.4. The summed E-state index contributed by atoms with van der Waals surface area (Å²) in [4.78, 5) is 97.7. The maximum atomic E-state index is 12.2. The van der Waals surface area contributed by atoms with Gasteiger partial charge in [-0.2, -0.15) is 0 Å². The lowest BCUT2D eigenvalue weighted by Crippen LogP contribution is -2.08.